The second kappa shape index (κ2) is 10.4. The number of sulfone groups is 1. The predicted molar refractivity (Wildman–Crippen MR) is 141 cm³/mol. The number of nitrogens with zero attached hydrogens (tertiary/aromatic N) is 3. The van der Waals surface area contributed by atoms with Crippen molar-refractivity contribution < 1.29 is 26.3 Å². The summed E-state index contributed by atoms with van der Waals surface area (Å²) in [6, 6.07) is 7.65. The maximum atomic E-state index is 13.9. The Morgan fingerprint density at radius 1 is 1.26 bits per heavy atom. The van der Waals surface area contributed by atoms with Crippen LogP contribution in [0.1, 0.15) is 29.3 Å². The minimum absolute atomic E-state index is 0.00234. The molecule has 3 aromatic rings. The van der Waals surface area contributed by atoms with Crippen molar-refractivity contribution >= 4 is 38.5 Å². The van der Waals surface area contributed by atoms with Crippen LogP contribution in [0.5, 0.6) is 0 Å². The molecule has 0 spiro atoms. The Kier molecular flexibility index (Phi) is 7.37. The van der Waals surface area contributed by atoms with Crippen LogP contribution in [0.15, 0.2) is 35.4 Å². The number of rotatable bonds is 6. The number of ether oxygens (including phenoxy) is 1. The Labute approximate surface area is 223 Å². The smallest absolute Gasteiger partial charge is 0.375 e. The highest BCUT2D eigenvalue weighted by atomic mass is 32.2. The standard InChI is InChI=1S/C25H28F3N5O3S2/c1-3-15-10-17(33-7-6-16(13-33)29-2)4-5-19(15)31-24-30-12-18(25(26,27)28)23(32-24)20-11-22-21(37-20)14-36-8-9-38(22,34)35/h4-5,10-12,16,29H,3,6-9,13-14H2,1-2H3,(H,30,31,32). The molecule has 204 valence electrons. The van der Waals surface area contributed by atoms with E-state index in [9.17, 15) is 21.6 Å². The van der Waals surface area contributed by atoms with Crippen LogP contribution in [-0.4, -0.2) is 56.9 Å². The third-order valence-electron chi connectivity index (χ3n) is 6.84. The molecule has 1 atom stereocenters. The van der Waals surface area contributed by atoms with Crippen molar-refractivity contribution in [2.45, 2.75) is 43.5 Å². The van der Waals surface area contributed by atoms with E-state index in [1.165, 1.54) is 6.07 Å². The SMILES string of the molecule is CCc1cc(N2CCC(NC)C2)ccc1Nc1ncc(C(F)(F)F)c(-c2cc3c(s2)COCCS3(=O)=O)n1. The van der Waals surface area contributed by atoms with Gasteiger partial charge in [-0.05, 0) is 49.7 Å². The lowest BCUT2D eigenvalue weighted by Gasteiger charge is -2.21. The van der Waals surface area contributed by atoms with Gasteiger partial charge in [0.1, 0.15) is 5.56 Å². The molecular formula is C25H28F3N5O3S2. The number of alkyl halides is 3. The highest BCUT2D eigenvalue weighted by Gasteiger charge is 2.37. The first-order valence-electron chi connectivity index (χ1n) is 12.3. The highest BCUT2D eigenvalue weighted by Crippen LogP contribution is 2.42. The maximum Gasteiger partial charge on any atom is 0.420 e. The minimum Gasteiger partial charge on any atom is -0.375 e. The van der Waals surface area contributed by atoms with E-state index >= 15 is 0 Å². The van der Waals surface area contributed by atoms with Gasteiger partial charge in [-0.15, -0.1) is 11.3 Å². The average molecular weight is 568 g/mol. The third-order valence-corrected chi connectivity index (χ3v) is 9.82. The number of aromatic nitrogens is 2. The Hall–Kier alpha value is -2.74. The molecule has 5 rings (SSSR count). The number of likely N-dealkylation sites (N-methyl/N-ethyl adjacent to an activating group) is 1. The summed E-state index contributed by atoms with van der Waals surface area (Å²) >= 11 is 0.942. The van der Waals surface area contributed by atoms with Gasteiger partial charge >= 0.3 is 6.18 Å². The highest BCUT2D eigenvalue weighted by molar-refractivity contribution is 7.91. The first kappa shape index (κ1) is 26.9. The molecule has 2 aliphatic heterocycles. The van der Waals surface area contributed by atoms with Gasteiger partial charge in [-0.2, -0.15) is 13.2 Å². The Bertz CT molecular complexity index is 1440. The molecular weight excluding hydrogens is 539 g/mol. The molecule has 0 amide bonds. The molecule has 0 bridgehead atoms. The summed E-state index contributed by atoms with van der Waals surface area (Å²) in [6.45, 7) is 3.92. The lowest BCUT2D eigenvalue weighted by Crippen LogP contribution is -2.29. The summed E-state index contributed by atoms with van der Waals surface area (Å²) in [7, 11) is -1.71. The number of fused-ring (bicyclic) bond motifs is 1. The number of thiophene rings is 1. The second-order valence-electron chi connectivity index (χ2n) is 9.26. The third kappa shape index (κ3) is 5.37. The summed E-state index contributed by atoms with van der Waals surface area (Å²) in [5.74, 6) is -0.226. The van der Waals surface area contributed by atoms with Crippen LogP contribution >= 0.6 is 11.3 Å². The monoisotopic (exact) mass is 567 g/mol. The van der Waals surface area contributed by atoms with Crippen LogP contribution in [0, 0.1) is 0 Å². The van der Waals surface area contributed by atoms with Crippen molar-refractivity contribution in [2.24, 2.45) is 0 Å². The van der Waals surface area contributed by atoms with Crippen molar-refractivity contribution in [3.63, 3.8) is 0 Å². The van der Waals surface area contributed by atoms with E-state index in [0.29, 0.717) is 23.0 Å². The summed E-state index contributed by atoms with van der Waals surface area (Å²) in [5, 5.41) is 6.38. The topological polar surface area (TPSA) is 96.5 Å². The lowest BCUT2D eigenvalue weighted by atomic mass is 10.1. The summed E-state index contributed by atoms with van der Waals surface area (Å²) < 4.78 is 72.3. The van der Waals surface area contributed by atoms with Gasteiger partial charge in [0.05, 0.1) is 34.4 Å². The normalized spacial score (nSPS) is 19.3. The van der Waals surface area contributed by atoms with E-state index in [-0.39, 0.29) is 40.4 Å². The van der Waals surface area contributed by atoms with Crippen LogP contribution in [0.3, 0.4) is 0 Å². The number of benzene rings is 1. The maximum absolute atomic E-state index is 13.9. The van der Waals surface area contributed by atoms with Crippen LogP contribution in [-0.2, 0) is 33.8 Å². The first-order chi connectivity index (χ1) is 18.1. The van der Waals surface area contributed by atoms with Crippen molar-refractivity contribution in [3.8, 4) is 10.6 Å². The zero-order valence-corrected chi connectivity index (χ0v) is 22.6. The van der Waals surface area contributed by atoms with Crippen LogP contribution in [0.4, 0.5) is 30.5 Å². The van der Waals surface area contributed by atoms with Gasteiger partial charge in [-0.3, -0.25) is 0 Å². The van der Waals surface area contributed by atoms with Crippen molar-refractivity contribution in [2.75, 3.05) is 42.7 Å². The average Bonchev–Trinajstić information content (AvgIpc) is 3.51. The van der Waals surface area contributed by atoms with E-state index in [2.05, 4.69) is 31.6 Å². The molecule has 0 saturated carbocycles. The van der Waals surface area contributed by atoms with Crippen molar-refractivity contribution in [1.82, 2.24) is 15.3 Å². The largest absolute Gasteiger partial charge is 0.420 e. The van der Waals surface area contributed by atoms with Gasteiger partial charge in [0.2, 0.25) is 5.95 Å². The molecule has 1 fully saturated rings. The number of anilines is 3. The van der Waals surface area contributed by atoms with E-state index in [1.807, 2.05) is 26.1 Å². The second-order valence-corrected chi connectivity index (χ2v) is 12.5. The van der Waals surface area contributed by atoms with Gasteiger partial charge in [0.15, 0.2) is 9.84 Å². The van der Waals surface area contributed by atoms with Gasteiger partial charge in [0.25, 0.3) is 0 Å². The number of hydrogen-bond acceptors (Lipinski definition) is 9. The predicted octanol–water partition coefficient (Wildman–Crippen LogP) is 4.63. The molecule has 1 aromatic carbocycles. The van der Waals surface area contributed by atoms with E-state index in [0.717, 1.165) is 48.3 Å². The number of nitrogens with one attached hydrogen (secondary N) is 2. The lowest BCUT2D eigenvalue weighted by molar-refractivity contribution is -0.137. The molecule has 0 radical (unpaired) electrons. The molecule has 2 aromatic heterocycles. The van der Waals surface area contributed by atoms with E-state index < -0.39 is 21.6 Å². The van der Waals surface area contributed by atoms with Crippen LogP contribution < -0.4 is 15.5 Å². The summed E-state index contributed by atoms with van der Waals surface area (Å²) in [4.78, 5) is 10.9. The van der Waals surface area contributed by atoms with Gasteiger partial charge in [-0.1, -0.05) is 6.92 Å². The first-order valence-corrected chi connectivity index (χ1v) is 14.8. The van der Waals surface area contributed by atoms with Crippen molar-refractivity contribution in [3.05, 3.63) is 46.5 Å². The minimum atomic E-state index is -4.72. The fourth-order valence-corrected chi connectivity index (χ4v) is 7.55. The van der Waals surface area contributed by atoms with Gasteiger partial charge in [-0.25, -0.2) is 18.4 Å². The number of halogens is 3. The molecule has 2 aliphatic rings. The molecule has 1 saturated heterocycles. The molecule has 13 heteroatoms. The van der Waals surface area contributed by atoms with Gasteiger partial charge in [0, 0.05) is 41.6 Å². The molecule has 0 aliphatic carbocycles. The fourth-order valence-electron chi connectivity index (χ4n) is 4.72. The Morgan fingerprint density at radius 3 is 2.79 bits per heavy atom. The van der Waals surface area contributed by atoms with E-state index in [4.69, 9.17) is 4.74 Å². The quantitative estimate of drug-likeness (QED) is 0.445. The number of aryl methyl sites for hydroxylation is 1. The summed E-state index contributed by atoms with van der Waals surface area (Å²) in [5.41, 5.74) is 1.36. The fraction of sp³-hybridized carbons (Fsp3) is 0.440. The molecule has 2 N–H and O–H groups in total. The van der Waals surface area contributed by atoms with Gasteiger partial charge < -0.3 is 20.3 Å². The molecule has 1 unspecified atom stereocenters. The van der Waals surface area contributed by atoms with Crippen LogP contribution in [0.25, 0.3) is 10.6 Å². The number of hydrogen-bond donors (Lipinski definition) is 2. The van der Waals surface area contributed by atoms with E-state index in [1.54, 1.807) is 0 Å². The Balaban J connectivity index is 1.49. The summed E-state index contributed by atoms with van der Waals surface area (Å²) in [6.07, 6.45) is -2.23. The molecule has 4 heterocycles. The zero-order chi connectivity index (χ0) is 27.1. The van der Waals surface area contributed by atoms with Crippen molar-refractivity contribution in [1.29, 1.82) is 0 Å². The van der Waals surface area contributed by atoms with Crippen LogP contribution in [0.2, 0.25) is 0 Å². The Morgan fingerprint density at radius 2 is 2.08 bits per heavy atom. The molecule has 38 heavy (non-hydrogen) atoms. The molecule has 8 nitrogen and oxygen atoms in total. The zero-order valence-electron chi connectivity index (χ0n) is 20.9.